The molecule has 0 aromatic heterocycles. The molecule has 0 unspecified atom stereocenters. The van der Waals surface area contributed by atoms with E-state index in [4.69, 9.17) is 6.42 Å². The van der Waals surface area contributed by atoms with Crippen LogP contribution in [0.15, 0.2) is 0 Å². The summed E-state index contributed by atoms with van der Waals surface area (Å²) in [4.78, 5) is 0. The van der Waals surface area contributed by atoms with Gasteiger partial charge in [-0.05, 0) is 19.3 Å². The van der Waals surface area contributed by atoms with E-state index in [1.807, 2.05) is 0 Å². The minimum absolute atomic E-state index is 0.169. The molecule has 15 heavy (non-hydrogen) atoms. The molecular formula is C11H19NO2S. The molecule has 0 aliphatic heterocycles. The zero-order valence-corrected chi connectivity index (χ0v) is 9.85. The molecule has 0 radical (unpaired) electrons. The van der Waals surface area contributed by atoms with E-state index in [9.17, 15) is 8.42 Å². The summed E-state index contributed by atoms with van der Waals surface area (Å²) in [6.07, 6.45) is 11.3. The lowest BCUT2D eigenvalue weighted by molar-refractivity contribution is 0.477. The summed E-state index contributed by atoms with van der Waals surface area (Å²) in [5, 5.41) is -0.169. The van der Waals surface area contributed by atoms with Gasteiger partial charge in [0.25, 0.3) is 0 Å². The largest absolute Gasteiger partial charge is 0.215 e. The number of nitrogens with one attached hydrogen (secondary N) is 1. The summed E-state index contributed by atoms with van der Waals surface area (Å²) >= 11 is 0. The van der Waals surface area contributed by atoms with E-state index in [1.165, 1.54) is 6.42 Å². The summed E-state index contributed by atoms with van der Waals surface area (Å²) in [7, 11) is -3.08. The van der Waals surface area contributed by atoms with Crippen molar-refractivity contribution in [3.8, 4) is 12.3 Å². The molecule has 0 bridgehead atoms. The van der Waals surface area contributed by atoms with E-state index >= 15 is 0 Å². The molecule has 1 N–H and O–H groups in total. The van der Waals surface area contributed by atoms with Crippen molar-refractivity contribution in [2.45, 2.75) is 50.2 Å². The van der Waals surface area contributed by atoms with Crippen molar-refractivity contribution in [3.05, 3.63) is 0 Å². The standard InChI is InChI=1S/C11H19NO2S/c1-2-3-7-10-12-15(13,14)11-8-5-4-6-9-11/h1,11-12H,3-10H2. The maximum absolute atomic E-state index is 11.8. The summed E-state index contributed by atoms with van der Waals surface area (Å²) in [5.41, 5.74) is 0. The summed E-state index contributed by atoms with van der Waals surface area (Å²) in [6, 6.07) is 0. The number of unbranched alkanes of at least 4 members (excludes halogenated alkanes) is 1. The fraction of sp³-hybridized carbons (Fsp3) is 0.818. The molecule has 1 aliphatic carbocycles. The molecule has 0 saturated heterocycles. The number of hydrogen-bond donors (Lipinski definition) is 1. The minimum atomic E-state index is -3.08. The molecular weight excluding hydrogens is 210 g/mol. The Kier molecular flexibility index (Phi) is 5.13. The third-order valence-corrected chi connectivity index (χ3v) is 4.75. The highest BCUT2D eigenvalue weighted by atomic mass is 32.2. The summed E-state index contributed by atoms with van der Waals surface area (Å²) < 4.78 is 26.2. The van der Waals surface area contributed by atoms with Crippen molar-refractivity contribution in [1.82, 2.24) is 4.72 Å². The summed E-state index contributed by atoms with van der Waals surface area (Å²) in [5.74, 6) is 2.50. The molecule has 1 aliphatic rings. The van der Waals surface area contributed by atoms with Gasteiger partial charge in [0, 0.05) is 13.0 Å². The maximum atomic E-state index is 11.8. The van der Waals surface area contributed by atoms with Gasteiger partial charge in [0.05, 0.1) is 5.25 Å². The highest BCUT2D eigenvalue weighted by Gasteiger charge is 2.26. The van der Waals surface area contributed by atoms with Crippen LogP contribution in [0.1, 0.15) is 44.9 Å². The zero-order valence-electron chi connectivity index (χ0n) is 9.04. The molecule has 4 heteroatoms. The average Bonchev–Trinajstić information content (AvgIpc) is 2.26. The van der Waals surface area contributed by atoms with E-state index in [1.54, 1.807) is 0 Å². The molecule has 1 fully saturated rings. The second kappa shape index (κ2) is 6.14. The van der Waals surface area contributed by atoms with E-state index < -0.39 is 10.0 Å². The van der Waals surface area contributed by atoms with Crippen LogP contribution in [0.5, 0.6) is 0 Å². The third-order valence-electron chi connectivity index (χ3n) is 2.79. The van der Waals surface area contributed by atoms with Gasteiger partial charge >= 0.3 is 0 Å². The first-order valence-corrected chi connectivity index (χ1v) is 7.13. The Morgan fingerprint density at radius 3 is 2.53 bits per heavy atom. The van der Waals surface area contributed by atoms with Crippen LogP contribution in [0.4, 0.5) is 0 Å². The number of terminal acetylenes is 1. The van der Waals surface area contributed by atoms with Crippen molar-refractivity contribution in [1.29, 1.82) is 0 Å². The van der Waals surface area contributed by atoms with Gasteiger partial charge in [-0.2, -0.15) is 0 Å². The number of hydrogen-bond acceptors (Lipinski definition) is 2. The van der Waals surface area contributed by atoms with Gasteiger partial charge in [0.2, 0.25) is 10.0 Å². The van der Waals surface area contributed by atoms with Gasteiger partial charge in [-0.25, -0.2) is 13.1 Å². The van der Waals surface area contributed by atoms with E-state index in [0.29, 0.717) is 13.0 Å². The second-order valence-corrected chi connectivity index (χ2v) is 6.05. The van der Waals surface area contributed by atoms with Gasteiger partial charge in [0.15, 0.2) is 0 Å². The fourth-order valence-corrected chi connectivity index (χ4v) is 3.52. The van der Waals surface area contributed by atoms with Crippen molar-refractivity contribution in [2.24, 2.45) is 0 Å². The lowest BCUT2D eigenvalue weighted by Crippen LogP contribution is -2.36. The quantitative estimate of drug-likeness (QED) is 0.575. The molecule has 0 spiro atoms. The fourth-order valence-electron chi connectivity index (χ4n) is 1.90. The van der Waals surface area contributed by atoms with Crippen LogP contribution in [0.25, 0.3) is 0 Å². The minimum Gasteiger partial charge on any atom is -0.215 e. The van der Waals surface area contributed by atoms with Gasteiger partial charge in [-0.1, -0.05) is 19.3 Å². The van der Waals surface area contributed by atoms with E-state index in [0.717, 1.165) is 32.1 Å². The van der Waals surface area contributed by atoms with E-state index in [2.05, 4.69) is 10.6 Å². The molecule has 0 heterocycles. The topological polar surface area (TPSA) is 46.2 Å². The Morgan fingerprint density at radius 1 is 1.27 bits per heavy atom. The first-order chi connectivity index (χ1) is 7.17. The van der Waals surface area contributed by atoms with Crippen LogP contribution in [-0.4, -0.2) is 20.2 Å². The third kappa shape index (κ3) is 4.23. The highest BCUT2D eigenvalue weighted by molar-refractivity contribution is 7.90. The van der Waals surface area contributed by atoms with Crippen molar-refractivity contribution < 1.29 is 8.42 Å². The van der Waals surface area contributed by atoms with E-state index in [-0.39, 0.29) is 5.25 Å². The monoisotopic (exact) mass is 229 g/mol. The molecule has 3 nitrogen and oxygen atoms in total. The molecule has 0 amide bonds. The number of rotatable bonds is 5. The van der Waals surface area contributed by atoms with Crippen LogP contribution in [0.2, 0.25) is 0 Å². The average molecular weight is 229 g/mol. The lowest BCUT2D eigenvalue weighted by Gasteiger charge is -2.21. The predicted octanol–water partition coefficient (Wildman–Crippen LogP) is 1.65. The molecule has 1 saturated carbocycles. The Labute approximate surface area is 92.7 Å². The predicted molar refractivity (Wildman–Crippen MR) is 61.9 cm³/mol. The maximum Gasteiger partial charge on any atom is 0.214 e. The summed E-state index contributed by atoms with van der Waals surface area (Å²) in [6.45, 7) is 0.475. The first kappa shape index (κ1) is 12.5. The normalized spacial score (nSPS) is 18.6. The Morgan fingerprint density at radius 2 is 1.93 bits per heavy atom. The second-order valence-electron chi connectivity index (χ2n) is 4.01. The van der Waals surface area contributed by atoms with Crippen LogP contribution >= 0.6 is 0 Å². The smallest absolute Gasteiger partial charge is 0.214 e. The number of sulfonamides is 1. The van der Waals surface area contributed by atoms with Crippen molar-refractivity contribution in [2.75, 3.05) is 6.54 Å². The Bertz CT molecular complexity index is 310. The van der Waals surface area contributed by atoms with Crippen LogP contribution in [0.3, 0.4) is 0 Å². The van der Waals surface area contributed by atoms with Gasteiger partial charge < -0.3 is 0 Å². The van der Waals surface area contributed by atoms with Gasteiger partial charge in [0.1, 0.15) is 0 Å². The van der Waals surface area contributed by atoms with Gasteiger partial charge in [-0.15, -0.1) is 12.3 Å². The van der Waals surface area contributed by atoms with Crippen molar-refractivity contribution >= 4 is 10.0 Å². The first-order valence-electron chi connectivity index (χ1n) is 5.59. The zero-order chi connectivity index (χ0) is 11.1. The molecule has 86 valence electrons. The van der Waals surface area contributed by atoms with Crippen molar-refractivity contribution in [3.63, 3.8) is 0 Å². The molecule has 0 aromatic carbocycles. The van der Waals surface area contributed by atoms with Crippen LogP contribution < -0.4 is 4.72 Å². The van der Waals surface area contributed by atoms with Crippen LogP contribution in [0, 0.1) is 12.3 Å². The molecule has 1 rings (SSSR count). The highest BCUT2D eigenvalue weighted by Crippen LogP contribution is 2.22. The lowest BCUT2D eigenvalue weighted by atomic mass is 10.0. The molecule has 0 atom stereocenters. The van der Waals surface area contributed by atoms with Gasteiger partial charge in [-0.3, -0.25) is 0 Å². The Balaban J connectivity index is 2.34. The molecule has 0 aromatic rings. The van der Waals surface area contributed by atoms with Crippen LogP contribution in [-0.2, 0) is 10.0 Å². The Hall–Kier alpha value is -0.530. The SMILES string of the molecule is C#CCCCNS(=O)(=O)C1CCCCC1.